The summed E-state index contributed by atoms with van der Waals surface area (Å²) in [6, 6.07) is 4.26. The Balaban J connectivity index is 0.00000338. The smallest absolute Gasteiger partial charge is 0.191 e. The quantitative estimate of drug-likeness (QED) is 0.223. The van der Waals surface area contributed by atoms with Gasteiger partial charge in [-0.2, -0.15) is 11.8 Å². The van der Waals surface area contributed by atoms with E-state index >= 15 is 0 Å². The van der Waals surface area contributed by atoms with E-state index in [4.69, 9.17) is 0 Å². The first-order valence-corrected chi connectivity index (χ1v) is 10.9. The highest BCUT2D eigenvalue weighted by molar-refractivity contribution is 14.0. The van der Waals surface area contributed by atoms with Crippen LogP contribution in [-0.2, 0) is 20.0 Å². The van der Waals surface area contributed by atoms with Gasteiger partial charge in [0.2, 0.25) is 0 Å². The van der Waals surface area contributed by atoms with Crippen molar-refractivity contribution in [1.29, 1.82) is 0 Å². The minimum Gasteiger partial charge on any atom is -0.356 e. The highest BCUT2D eigenvalue weighted by Crippen LogP contribution is 2.08. The summed E-state index contributed by atoms with van der Waals surface area (Å²) in [4.78, 5) is 6.06. The van der Waals surface area contributed by atoms with Crippen LogP contribution in [0.15, 0.2) is 22.5 Å². The molecule has 146 valence electrons. The number of hydrogen-bond donors (Lipinski definition) is 2. The fourth-order valence-corrected chi connectivity index (χ4v) is 3.45. The summed E-state index contributed by atoms with van der Waals surface area (Å²) in [5.74, 6) is 3.83. The minimum atomic E-state index is 0. The standard InChI is InChI=1S/C17H28N6S2.HI/c1-14-21-22-16(23(14)2)13-20-17(18-9-4-5-11-24-3)19-10-8-15-7-6-12-25-15;/h6-7,12H,4-5,8-11,13H2,1-3H3,(H2,18,19,20);1H. The average Bonchev–Trinajstić information content (AvgIpc) is 3.23. The second kappa shape index (κ2) is 13.4. The Morgan fingerprint density at radius 1 is 1.27 bits per heavy atom. The Hall–Kier alpha value is -0.810. The lowest BCUT2D eigenvalue weighted by Crippen LogP contribution is -2.39. The largest absolute Gasteiger partial charge is 0.356 e. The van der Waals surface area contributed by atoms with Gasteiger partial charge in [0.15, 0.2) is 11.8 Å². The van der Waals surface area contributed by atoms with Crippen molar-refractivity contribution in [3.8, 4) is 0 Å². The fourth-order valence-electron chi connectivity index (χ4n) is 2.25. The number of guanidine groups is 1. The van der Waals surface area contributed by atoms with Gasteiger partial charge >= 0.3 is 0 Å². The topological polar surface area (TPSA) is 67.1 Å². The molecule has 0 amide bonds. The van der Waals surface area contributed by atoms with Crippen LogP contribution in [-0.4, -0.2) is 45.8 Å². The Kier molecular flexibility index (Phi) is 11.9. The second-order valence-corrected chi connectivity index (χ2v) is 7.79. The number of aromatic nitrogens is 3. The number of thiophene rings is 1. The molecule has 0 spiro atoms. The summed E-state index contributed by atoms with van der Waals surface area (Å²) < 4.78 is 1.98. The number of rotatable bonds is 10. The Morgan fingerprint density at radius 2 is 2.08 bits per heavy atom. The van der Waals surface area contributed by atoms with Gasteiger partial charge in [0.05, 0.1) is 0 Å². The average molecular weight is 508 g/mol. The van der Waals surface area contributed by atoms with Gasteiger partial charge in [-0.3, -0.25) is 0 Å². The van der Waals surface area contributed by atoms with Gasteiger partial charge in [-0.25, -0.2) is 4.99 Å². The predicted molar refractivity (Wildman–Crippen MR) is 124 cm³/mol. The third kappa shape index (κ3) is 8.26. The number of unbranched alkanes of at least 4 members (excludes halogenated alkanes) is 1. The van der Waals surface area contributed by atoms with Gasteiger partial charge in [0.1, 0.15) is 12.4 Å². The van der Waals surface area contributed by atoms with Crippen LogP contribution >= 0.6 is 47.1 Å². The maximum atomic E-state index is 4.67. The lowest BCUT2D eigenvalue weighted by atomic mass is 10.3. The van der Waals surface area contributed by atoms with Gasteiger partial charge in [0, 0.05) is 25.0 Å². The van der Waals surface area contributed by atoms with Gasteiger partial charge in [-0.15, -0.1) is 45.5 Å². The van der Waals surface area contributed by atoms with E-state index in [1.165, 1.54) is 17.1 Å². The number of hydrogen-bond acceptors (Lipinski definition) is 5. The molecule has 0 saturated carbocycles. The lowest BCUT2D eigenvalue weighted by Gasteiger charge is -2.12. The molecule has 6 nitrogen and oxygen atoms in total. The molecule has 0 aliphatic carbocycles. The third-order valence-corrected chi connectivity index (χ3v) is 5.51. The third-order valence-electron chi connectivity index (χ3n) is 3.87. The zero-order valence-corrected chi connectivity index (χ0v) is 19.7. The van der Waals surface area contributed by atoms with Crippen LogP contribution in [0.1, 0.15) is 29.4 Å². The van der Waals surface area contributed by atoms with Crippen molar-refractivity contribution in [2.75, 3.05) is 25.1 Å². The van der Waals surface area contributed by atoms with Crippen molar-refractivity contribution in [1.82, 2.24) is 25.4 Å². The van der Waals surface area contributed by atoms with E-state index < -0.39 is 0 Å². The van der Waals surface area contributed by atoms with E-state index in [0.717, 1.165) is 43.5 Å². The molecular formula is C17H29IN6S2. The van der Waals surface area contributed by atoms with Crippen molar-refractivity contribution in [2.24, 2.45) is 12.0 Å². The van der Waals surface area contributed by atoms with Crippen LogP contribution in [0.25, 0.3) is 0 Å². The molecule has 0 unspecified atom stereocenters. The summed E-state index contributed by atoms with van der Waals surface area (Å²) in [6.07, 6.45) is 5.53. The lowest BCUT2D eigenvalue weighted by molar-refractivity contribution is 0.718. The van der Waals surface area contributed by atoms with Crippen LogP contribution in [0.3, 0.4) is 0 Å². The normalized spacial score (nSPS) is 11.3. The van der Waals surface area contributed by atoms with Crippen molar-refractivity contribution in [2.45, 2.75) is 32.7 Å². The molecular weight excluding hydrogens is 479 g/mol. The number of thioether (sulfide) groups is 1. The monoisotopic (exact) mass is 508 g/mol. The fraction of sp³-hybridized carbons (Fsp3) is 0.588. The minimum absolute atomic E-state index is 0. The molecule has 9 heteroatoms. The Labute approximate surface area is 181 Å². The van der Waals surface area contributed by atoms with E-state index in [1.54, 1.807) is 11.3 Å². The van der Waals surface area contributed by atoms with Crippen molar-refractivity contribution < 1.29 is 0 Å². The molecule has 2 aromatic heterocycles. The van der Waals surface area contributed by atoms with Gasteiger partial charge < -0.3 is 15.2 Å². The number of halogens is 1. The molecule has 2 aromatic rings. The van der Waals surface area contributed by atoms with E-state index in [-0.39, 0.29) is 24.0 Å². The Bertz CT molecular complexity index is 642. The zero-order valence-electron chi connectivity index (χ0n) is 15.7. The summed E-state index contributed by atoms with van der Waals surface area (Å²) in [7, 11) is 1.97. The van der Waals surface area contributed by atoms with Crippen LogP contribution in [0.2, 0.25) is 0 Å². The predicted octanol–water partition coefficient (Wildman–Crippen LogP) is 3.22. The number of aliphatic imine (C=N–C) groups is 1. The molecule has 2 rings (SSSR count). The Morgan fingerprint density at radius 3 is 2.73 bits per heavy atom. The van der Waals surface area contributed by atoms with E-state index in [9.17, 15) is 0 Å². The summed E-state index contributed by atoms with van der Waals surface area (Å²) in [5, 5.41) is 17.2. The first kappa shape index (κ1) is 23.2. The molecule has 0 atom stereocenters. The molecule has 0 bridgehead atoms. The van der Waals surface area contributed by atoms with E-state index in [2.05, 4.69) is 49.6 Å². The first-order valence-electron chi connectivity index (χ1n) is 8.59. The van der Waals surface area contributed by atoms with Crippen molar-refractivity contribution in [3.63, 3.8) is 0 Å². The molecule has 0 aliphatic heterocycles. The van der Waals surface area contributed by atoms with Crippen LogP contribution in [0, 0.1) is 6.92 Å². The van der Waals surface area contributed by atoms with E-state index in [1.807, 2.05) is 30.3 Å². The first-order chi connectivity index (χ1) is 12.2. The number of aryl methyl sites for hydroxylation is 1. The molecule has 0 aliphatic rings. The highest BCUT2D eigenvalue weighted by Gasteiger charge is 2.05. The molecule has 0 fully saturated rings. The maximum Gasteiger partial charge on any atom is 0.191 e. The summed E-state index contributed by atoms with van der Waals surface area (Å²) in [5.41, 5.74) is 0. The van der Waals surface area contributed by atoms with Crippen LogP contribution < -0.4 is 10.6 Å². The second-order valence-electron chi connectivity index (χ2n) is 5.77. The van der Waals surface area contributed by atoms with Crippen LogP contribution in [0.5, 0.6) is 0 Å². The molecule has 2 N–H and O–H groups in total. The molecule has 26 heavy (non-hydrogen) atoms. The molecule has 0 saturated heterocycles. The SMILES string of the molecule is CSCCCCNC(=NCc1nnc(C)n1C)NCCc1cccs1.I. The van der Waals surface area contributed by atoms with Crippen LogP contribution in [0.4, 0.5) is 0 Å². The summed E-state index contributed by atoms with van der Waals surface area (Å²) in [6.45, 7) is 4.28. The van der Waals surface area contributed by atoms with Gasteiger partial charge in [0.25, 0.3) is 0 Å². The molecule has 0 radical (unpaired) electrons. The van der Waals surface area contributed by atoms with Gasteiger partial charge in [-0.1, -0.05) is 6.07 Å². The molecule has 2 heterocycles. The van der Waals surface area contributed by atoms with Crippen molar-refractivity contribution in [3.05, 3.63) is 34.0 Å². The van der Waals surface area contributed by atoms with E-state index in [0.29, 0.717) is 6.54 Å². The highest BCUT2D eigenvalue weighted by atomic mass is 127. The molecule has 0 aromatic carbocycles. The maximum absolute atomic E-state index is 4.67. The number of nitrogens with one attached hydrogen (secondary N) is 2. The zero-order chi connectivity index (χ0) is 17.9. The number of nitrogens with zero attached hydrogens (tertiary/aromatic N) is 4. The van der Waals surface area contributed by atoms with Crippen molar-refractivity contribution >= 4 is 53.0 Å². The summed E-state index contributed by atoms with van der Waals surface area (Å²) >= 11 is 3.69. The van der Waals surface area contributed by atoms with Gasteiger partial charge in [-0.05, 0) is 49.6 Å².